The maximum atomic E-state index is 12.3. The van der Waals surface area contributed by atoms with Crippen molar-refractivity contribution in [1.29, 1.82) is 0 Å². The summed E-state index contributed by atoms with van der Waals surface area (Å²) in [4.78, 5) is 13.9. The number of quaternary nitrogens is 1. The molecule has 4 nitrogen and oxygen atoms in total. The van der Waals surface area contributed by atoms with Crippen LogP contribution in [0, 0.1) is 5.92 Å². The van der Waals surface area contributed by atoms with Gasteiger partial charge in [-0.15, -0.1) is 0 Å². The highest BCUT2D eigenvalue weighted by molar-refractivity contribution is 5.89. The van der Waals surface area contributed by atoms with E-state index in [4.69, 9.17) is 9.47 Å². The average Bonchev–Trinajstić information content (AvgIpc) is 2.53. The first kappa shape index (κ1) is 17.8. The molecule has 1 fully saturated rings. The van der Waals surface area contributed by atoms with Gasteiger partial charge in [-0.05, 0) is 37.6 Å². The van der Waals surface area contributed by atoms with Crippen LogP contribution >= 0.6 is 0 Å². The van der Waals surface area contributed by atoms with E-state index < -0.39 is 0 Å². The van der Waals surface area contributed by atoms with Gasteiger partial charge in [0, 0.05) is 12.3 Å². The number of nitrogens with one attached hydrogen (secondary N) is 1. The lowest BCUT2D eigenvalue weighted by Gasteiger charge is -2.36. The van der Waals surface area contributed by atoms with Crippen LogP contribution in [0.25, 0.3) is 0 Å². The minimum atomic E-state index is -0.228. The maximum Gasteiger partial charge on any atom is 0.338 e. The Labute approximate surface area is 139 Å². The summed E-state index contributed by atoms with van der Waals surface area (Å²) < 4.78 is 11.4. The Bertz CT molecular complexity index is 500. The highest BCUT2D eigenvalue weighted by Gasteiger charge is 2.34. The summed E-state index contributed by atoms with van der Waals surface area (Å²) in [7, 11) is 2.20. The second-order valence-electron chi connectivity index (χ2n) is 6.83. The Kier molecular flexibility index (Phi) is 6.46. The Morgan fingerprint density at radius 2 is 1.96 bits per heavy atom. The number of likely N-dealkylation sites (tertiary alicyclic amines) is 1. The van der Waals surface area contributed by atoms with Crippen LogP contribution in [0.5, 0.6) is 5.75 Å². The summed E-state index contributed by atoms with van der Waals surface area (Å²) in [6, 6.07) is 7.79. The molecule has 1 saturated heterocycles. The van der Waals surface area contributed by atoms with Crippen LogP contribution in [0.1, 0.15) is 50.4 Å². The average molecular weight is 320 g/mol. The number of hydrogen-bond donors (Lipinski definition) is 1. The Hall–Kier alpha value is -1.55. The van der Waals surface area contributed by atoms with Gasteiger partial charge in [-0.1, -0.05) is 20.3 Å². The zero-order valence-electron chi connectivity index (χ0n) is 14.8. The molecule has 4 atom stereocenters. The van der Waals surface area contributed by atoms with Crippen LogP contribution in [-0.4, -0.2) is 38.3 Å². The van der Waals surface area contributed by atoms with E-state index in [1.54, 1.807) is 12.1 Å². The molecule has 0 aromatic heterocycles. The molecule has 1 unspecified atom stereocenters. The third kappa shape index (κ3) is 4.96. The largest absolute Gasteiger partial charge is 0.494 e. The highest BCUT2D eigenvalue weighted by atomic mass is 16.5. The molecule has 0 bridgehead atoms. The van der Waals surface area contributed by atoms with Crippen LogP contribution in [0.4, 0.5) is 0 Å². The summed E-state index contributed by atoms with van der Waals surface area (Å²) >= 11 is 0. The van der Waals surface area contributed by atoms with E-state index >= 15 is 0 Å². The first-order valence-electron chi connectivity index (χ1n) is 8.77. The topological polar surface area (TPSA) is 40.0 Å². The lowest BCUT2D eigenvalue weighted by Crippen LogP contribution is -3.14. The van der Waals surface area contributed by atoms with Crippen molar-refractivity contribution in [2.24, 2.45) is 5.92 Å². The highest BCUT2D eigenvalue weighted by Crippen LogP contribution is 2.19. The summed E-state index contributed by atoms with van der Waals surface area (Å²) in [6.45, 7) is 8.27. The monoisotopic (exact) mass is 320 g/mol. The third-order valence-electron chi connectivity index (χ3n) is 4.82. The fourth-order valence-corrected chi connectivity index (χ4v) is 3.01. The number of unbranched alkanes of at least 4 members (excludes halogenated alkanes) is 1. The van der Waals surface area contributed by atoms with Crippen molar-refractivity contribution < 1.29 is 19.2 Å². The molecule has 1 aliphatic rings. The van der Waals surface area contributed by atoms with Crippen LogP contribution < -0.4 is 9.64 Å². The van der Waals surface area contributed by atoms with E-state index in [-0.39, 0.29) is 12.1 Å². The molecule has 2 rings (SSSR count). The van der Waals surface area contributed by atoms with Gasteiger partial charge in [0.05, 0.1) is 31.8 Å². The standard InChI is InChI=1S/C19H29NO3/c1-5-6-11-22-17-9-7-16(8-10-17)19(21)23-18-12-15(3)20(4)13-14(18)2/h7-10,14-15,18H,5-6,11-13H2,1-4H3/p+1/t14-,15+,18-/m0/s1. The van der Waals surface area contributed by atoms with Crippen molar-refractivity contribution in [3.8, 4) is 5.75 Å². The molecule has 0 saturated carbocycles. The molecule has 1 heterocycles. The minimum Gasteiger partial charge on any atom is -0.494 e. The molecule has 1 N–H and O–H groups in total. The van der Waals surface area contributed by atoms with Crippen LogP contribution in [0.3, 0.4) is 0 Å². The summed E-state index contributed by atoms with van der Waals surface area (Å²) in [5.41, 5.74) is 0.596. The fourth-order valence-electron chi connectivity index (χ4n) is 3.01. The molecule has 1 aromatic rings. The van der Waals surface area contributed by atoms with E-state index in [0.29, 0.717) is 24.1 Å². The summed E-state index contributed by atoms with van der Waals surface area (Å²) in [6.07, 6.45) is 3.09. The van der Waals surface area contributed by atoms with Gasteiger partial charge in [0.1, 0.15) is 11.9 Å². The lowest BCUT2D eigenvalue weighted by atomic mass is 9.92. The predicted octanol–water partition coefficient (Wildman–Crippen LogP) is 2.33. The molecule has 0 amide bonds. The van der Waals surface area contributed by atoms with Crippen LogP contribution in [0.15, 0.2) is 24.3 Å². The molecular weight excluding hydrogens is 290 g/mol. The van der Waals surface area contributed by atoms with E-state index in [1.807, 2.05) is 12.1 Å². The van der Waals surface area contributed by atoms with Crippen molar-refractivity contribution >= 4 is 5.97 Å². The molecule has 1 aromatic carbocycles. The van der Waals surface area contributed by atoms with Gasteiger partial charge in [-0.25, -0.2) is 4.79 Å². The fraction of sp³-hybridized carbons (Fsp3) is 0.632. The molecular formula is C19H30NO3+. The van der Waals surface area contributed by atoms with E-state index in [9.17, 15) is 4.79 Å². The molecule has 0 radical (unpaired) electrons. The second kappa shape index (κ2) is 8.34. The smallest absolute Gasteiger partial charge is 0.338 e. The van der Waals surface area contributed by atoms with E-state index in [2.05, 4.69) is 27.8 Å². The van der Waals surface area contributed by atoms with Crippen molar-refractivity contribution in [2.75, 3.05) is 20.2 Å². The van der Waals surface area contributed by atoms with Crippen molar-refractivity contribution in [1.82, 2.24) is 0 Å². The van der Waals surface area contributed by atoms with Crippen molar-refractivity contribution in [2.45, 2.75) is 52.2 Å². The van der Waals surface area contributed by atoms with E-state index in [0.717, 1.165) is 31.6 Å². The van der Waals surface area contributed by atoms with Crippen molar-refractivity contribution in [3.05, 3.63) is 29.8 Å². The van der Waals surface area contributed by atoms with Gasteiger partial charge >= 0.3 is 5.97 Å². The zero-order valence-corrected chi connectivity index (χ0v) is 14.8. The number of benzene rings is 1. The summed E-state index contributed by atoms with van der Waals surface area (Å²) in [5.74, 6) is 0.973. The number of ether oxygens (including phenoxy) is 2. The lowest BCUT2D eigenvalue weighted by molar-refractivity contribution is -0.914. The maximum absolute atomic E-state index is 12.3. The number of esters is 1. The van der Waals surface area contributed by atoms with Gasteiger partial charge in [0.2, 0.25) is 0 Å². The van der Waals surface area contributed by atoms with Gasteiger partial charge in [-0.2, -0.15) is 0 Å². The van der Waals surface area contributed by atoms with E-state index in [1.165, 1.54) is 4.90 Å². The Balaban J connectivity index is 1.90. The number of piperidine rings is 1. The molecule has 1 aliphatic heterocycles. The van der Waals surface area contributed by atoms with Crippen LogP contribution in [0.2, 0.25) is 0 Å². The first-order chi connectivity index (χ1) is 11.0. The molecule has 0 spiro atoms. The Morgan fingerprint density at radius 1 is 1.26 bits per heavy atom. The van der Waals surface area contributed by atoms with Gasteiger partial charge in [0.15, 0.2) is 0 Å². The number of hydrogen-bond acceptors (Lipinski definition) is 3. The van der Waals surface area contributed by atoms with Crippen LogP contribution in [-0.2, 0) is 4.74 Å². The van der Waals surface area contributed by atoms with Gasteiger partial charge in [0.25, 0.3) is 0 Å². The van der Waals surface area contributed by atoms with Crippen molar-refractivity contribution in [3.63, 3.8) is 0 Å². The second-order valence-corrected chi connectivity index (χ2v) is 6.83. The first-order valence-corrected chi connectivity index (χ1v) is 8.77. The Morgan fingerprint density at radius 3 is 2.61 bits per heavy atom. The molecule has 4 heteroatoms. The quantitative estimate of drug-likeness (QED) is 0.646. The number of carbonyl (C=O) groups excluding carboxylic acids is 1. The summed E-state index contributed by atoms with van der Waals surface area (Å²) in [5, 5.41) is 0. The normalized spacial score (nSPS) is 27.5. The molecule has 128 valence electrons. The molecule has 0 aliphatic carbocycles. The number of carbonyl (C=O) groups is 1. The minimum absolute atomic E-state index is 0.0154. The third-order valence-corrected chi connectivity index (χ3v) is 4.82. The predicted molar refractivity (Wildman–Crippen MR) is 91.0 cm³/mol. The number of rotatable bonds is 6. The SMILES string of the molecule is CCCCOc1ccc(C(=O)O[C@H]2C[C@@H](C)[NH+](C)C[C@@H]2C)cc1. The molecule has 23 heavy (non-hydrogen) atoms. The van der Waals surface area contributed by atoms with Gasteiger partial charge < -0.3 is 14.4 Å². The van der Waals surface area contributed by atoms with Gasteiger partial charge in [-0.3, -0.25) is 0 Å². The zero-order chi connectivity index (χ0) is 16.8.